The van der Waals surface area contributed by atoms with Gasteiger partial charge in [0, 0.05) is 39.3 Å². The van der Waals surface area contributed by atoms with Crippen LogP contribution < -0.4 is 5.32 Å². The van der Waals surface area contributed by atoms with Gasteiger partial charge in [-0.3, -0.25) is 0 Å². The van der Waals surface area contributed by atoms with Crippen molar-refractivity contribution in [2.75, 3.05) is 6.54 Å². The van der Waals surface area contributed by atoms with Crippen molar-refractivity contribution in [1.29, 1.82) is 0 Å². The maximum Gasteiger partial charge on any atom is 0.404 e. The topological polar surface area (TPSA) is 49.3 Å². The van der Waals surface area contributed by atoms with E-state index in [2.05, 4.69) is 5.32 Å². The molecule has 0 unspecified atom stereocenters. The summed E-state index contributed by atoms with van der Waals surface area (Å²) in [5.74, 6) is 0. The summed E-state index contributed by atoms with van der Waals surface area (Å²) in [4.78, 5) is 9.49. The zero-order chi connectivity index (χ0) is 4.99. The van der Waals surface area contributed by atoms with Crippen LogP contribution in [-0.2, 0) is 32.7 Å². The summed E-state index contributed by atoms with van der Waals surface area (Å²) in [6.45, 7) is 2.21. The Morgan fingerprint density at radius 1 is 1.75 bits per heavy atom. The Morgan fingerprint density at radius 2 is 2.12 bits per heavy atom. The summed E-state index contributed by atoms with van der Waals surface area (Å²) in [6.07, 6.45) is -0.961. The van der Waals surface area contributed by atoms with Crippen molar-refractivity contribution in [1.82, 2.24) is 5.32 Å². The van der Waals surface area contributed by atoms with Gasteiger partial charge in [0.2, 0.25) is 0 Å². The number of nitrogens with one attached hydrogen (secondary N) is 1. The molecule has 2 N–H and O–H groups in total. The Bertz CT molecular complexity index is 58.0. The van der Waals surface area contributed by atoms with Gasteiger partial charge in [0.15, 0.2) is 0 Å². The van der Waals surface area contributed by atoms with E-state index in [4.69, 9.17) is 5.11 Å². The van der Waals surface area contributed by atoms with E-state index in [9.17, 15) is 4.79 Å². The molecule has 0 atom stereocenters. The van der Waals surface area contributed by atoms with E-state index in [1.54, 1.807) is 6.92 Å². The van der Waals surface area contributed by atoms with Gasteiger partial charge < -0.3 is 17.8 Å². The molecule has 47 valence electrons. The first-order valence-electron chi connectivity index (χ1n) is 1.74. The van der Waals surface area contributed by atoms with Crippen LogP contribution in [0, 0.1) is 7.43 Å². The van der Waals surface area contributed by atoms with E-state index < -0.39 is 6.09 Å². The predicted octanol–water partition coefficient (Wildman–Crippen LogP) is 0.722. The molecule has 0 aliphatic heterocycles. The Kier molecular flexibility index (Phi) is 20.4. The van der Waals surface area contributed by atoms with Crippen LogP contribution in [0.5, 0.6) is 0 Å². The average Bonchev–Trinajstić information content (AvgIpc) is 1.35. The van der Waals surface area contributed by atoms with Crippen LogP contribution >= 0.6 is 0 Å². The van der Waals surface area contributed by atoms with Crippen molar-refractivity contribution in [3.8, 4) is 0 Å². The van der Waals surface area contributed by atoms with E-state index in [-0.39, 0.29) is 40.1 Å². The molecule has 0 heterocycles. The summed E-state index contributed by atoms with van der Waals surface area (Å²) >= 11 is 0. The van der Waals surface area contributed by atoms with Gasteiger partial charge >= 0.3 is 6.09 Å². The summed E-state index contributed by atoms with van der Waals surface area (Å²) in [7, 11) is 0. The second-order valence-electron chi connectivity index (χ2n) is 0.835. The molecular weight excluding hydrogens is 183 g/mol. The van der Waals surface area contributed by atoms with Crippen molar-refractivity contribution in [3.63, 3.8) is 0 Å². The number of hydrogen-bond acceptors (Lipinski definition) is 1. The number of carbonyl (C=O) groups is 1. The van der Waals surface area contributed by atoms with Crippen molar-refractivity contribution in [2.24, 2.45) is 0 Å². The van der Waals surface area contributed by atoms with Crippen molar-refractivity contribution < 1.29 is 42.6 Å². The van der Waals surface area contributed by atoms with Gasteiger partial charge in [-0.1, -0.05) is 0 Å². The second-order valence-corrected chi connectivity index (χ2v) is 0.835. The maximum atomic E-state index is 9.49. The fourth-order valence-corrected chi connectivity index (χ4v) is 0.151. The molecule has 0 aromatic rings. The fourth-order valence-electron chi connectivity index (χ4n) is 0.151. The first kappa shape index (κ1) is 15.8. The summed E-state index contributed by atoms with van der Waals surface area (Å²) in [6, 6.07) is 0. The molecule has 0 spiro atoms. The molecule has 0 bridgehead atoms. The Labute approximate surface area is 74.7 Å². The maximum absolute atomic E-state index is 9.49. The number of hydrogen-bond donors (Lipinski definition) is 2. The smallest absolute Gasteiger partial charge is 0.404 e. The number of carboxylic acid groups (broad SMARTS) is 1. The van der Waals surface area contributed by atoms with Crippen LogP contribution in [0.1, 0.15) is 6.92 Å². The molecule has 0 aliphatic rings. The predicted molar refractivity (Wildman–Crippen MR) is 28.1 cm³/mol. The normalized spacial score (nSPS) is 5.62. The van der Waals surface area contributed by atoms with E-state index in [1.807, 2.05) is 0 Å². The second kappa shape index (κ2) is 10.4. The van der Waals surface area contributed by atoms with Gasteiger partial charge in [0.25, 0.3) is 0 Å². The van der Waals surface area contributed by atoms with E-state index in [1.165, 1.54) is 0 Å². The van der Waals surface area contributed by atoms with Crippen LogP contribution in [0.3, 0.4) is 0 Å². The molecule has 0 aliphatic carbocycles. The Morgan fingerprint density at radius 3 is 2.12 bits per heavy atom. The molecule has 1 radical (unpaired) electrons. The first-order valence-corrected chi connectivity index (χ1v) is 1.74. The van der Waals surface area contributed by atoms with Crippen molar-refractivity contribution in [3.05, 3.63) is 7.43 Å². The van der Waals surface area contributed by atoms with Crippen molar-refractivity contribution >= 4 is 6.09 Å². The van der Waals surface area contributed by atoms with Crippen molar-refractivity contribution in [2.45, 2.75) is 6.92 Å². The SMILES string of the molecule is CCNC(=O)O.[CH3-].[Y]. The molecule has 3 nitrogen and oxygen atoms in total. The molecule has 0 saturated heterocycles. The van der Waals surface area contributed by atoms with Gasteiger partial charge in [0.1, 0.15) is 0 Å². The van der Waals surface area contributed by atoms with Crippen LogP contribution in [0.2, 0.25) is 0 Å². The van der Waals surface area contributed by atoms with Gasteiger partial charge in [-0.25, -0.2) is 4.79 Å². The van der Waals surface area contributed by atoms with Gasteiger partial charge in [0.05, 0.1) is 0 Å². The van der Waals surface area contributed by atoms with Crippen LogP contribution in [0.4, 0.5) is 4.79 Å². The molecule has 4 heteroatoms. The van der Waals surface area contributed by atoms with Crippen LogP contribution in [-0.4, -0.2) is 17.7 Å². The van der Waals surface area contributed by atoms with Crippen LogP contribution in [0.15, 0.2) is 0 Å². The molecular formula is C4H10NO2Y-. The third-order valence-electron chi connectivity index (χ3n) is 0.328. The zero-order valence-corrected chi connectivity index (χ0v) is 7.98. The quantitative estimate of drug-likeness (QED) is 0.603. The van der Waals surface area contributed by atoms with Gasteiger partial charge in [-0.2, -0.15) is 0 Å². The molecule has 1 amide bonds. The third-order valence-corrected chi connectivity index (χ3v) is 0.328. The molecule has 8 heavy (non-hydrogen) atoms. The van der Waals surface area contributed by atoms with Gasteiger partial charge in [-0.15, -0.1) is 0 Å². The van der Waals surface area contributed by atoms with E-state index in [0.29, 0.717) is 6.54 Å². The number of amides is 1. The monoisotopic (exact) mass is 193 g/mol. The molecule has 0 saturated carbocycles. The standard InChI is InChI=1S/C3H7NO2.CH3.Y/c1-2-4-3(5)6;;/h4H,2H2,1H3,(H,5,6);1H3;/q;-1;. The summed E-state index contributed by atoms with van der Waals surface area (Å²) < 4.78 is 0. The molecule has 0 aromatic heterocycles. The minimum atomic E-state index is -0.961. The minimum absolute atomic E-state index is 0. The Balaban J connectivity index is -0.000000125. The molecule has 0 rings (SSSR count). The van der Waals surface area contributed by atoms with E-state index in [0.717, 1.165) is 0 Å². The third kappa shape index (κ3) is 16.2. The van der Waals surface area contributed by atoms with Gasteiger partial charge in [-0.05, 0) is 6.92 Å². The summed E-state index contributed by atoms with van der Waals surface area (Å²) in [5, 5.41) is 9.93. The van der Waals surface area contributed by atoms with Crippen LogP contribution in [0.25, 0.3) is 0 Å². The fraction of sp³-hybridized carbons (Fsp3) is 0.500. The molecule has 0 aromatic carbocycles. The number of rotatable bonds is 1. The summed E-state index contributed by atoms with van der Waals surface area (Å²) in [5.41, 5.74) is 0. The van der Waals surface area contributed by atoms with E-state index >= 15 is 0 Å². The molecule has 0 fully saturated rings. The largest absolute Gasteiger partial charge is 0.465 e. The Hall–Kier alpha value is 0.374. The average molecular weight is 193 g/mol. The zero-order valence-electron chi connectivity index (χ0n) is 5.14. The minimum Gasteiger partial charge on any atom is -0.465 e. The first-order chi connectivity index (χ1) is 2.77.